The number of carbonyl (C=O) groups excluding carboxylic acids is 1. The number of amides is 1. The normalized spacial score (nSPS) is 37.4. The number of carboxylic acid groups (broad SMARTS) is 1. The fourth-order valence-electron chi connectivity index (χ4n) is 3.17. The molecule has 0 saturated carbocycles. The highest BCUT2D eigenvalue weighted by Crippen LogP contribution is 2.35. The highest BCUT2D eigenvalue weighted by molar-refractivity contribution is 5.78. The van der Waals surface area contributed by atoms with Crippen LogP contribution in [0.2, 0.25) is 0 Å². The van der Waals surface area contributed by atoms with E-state index in [1.165, 1.54) is 6.92 Å². The molecule has 13 nitrogen and oxygen atoms in total. The summed E-state index contributed by atoms with van der Waals surface area (Å²) in [6, 6.07) is -1.30. The number of aliphatic hydroxyl groups excluding tert-OH is 4. The molecular formula is C15H26N2O11. The van der Waals surface area contributed by atoms with Crippen LogP contribution in [0.1, 0.15) is 6.92 Å². The second-order valence-corrected chi connectivity index (χ2v) is 6.69. The number of rotatable bonds is 9. The Morgan fingerprint density at radius 1 is 1.18 bits per heavy atom. The molecule has 9 unspecified atom stereocenters. The van der Waals surface area contributed by atoms with Gasteiger partial charge in [-0.05, 0) is 6.92 Å². The number of hydrogen-bond acceptors (Lipinski definition) is 11. The molecule has 0 aromatic carbocycles. The third-order valence-corrected chi connectivity index (χ3v) is 4.74. The Morgan fingerprint density at radius 3 is 2.29 bits per heavy atom. The van der Waals surface area contributed by atoms with Crippen LogP contribution in [0.3, 0.4) is 0 Å². The van der Waals surface area contributed by atoms with Crippen molar-refractivity contribution < 1.29 is 54.4 Å². The molecule has 0 aromatic heterocycles. The van der Waals surface area contributed by atoms with E-state index in [0.29, 0.717) is 0 Å². The minimum Gasteiger partial charge on any atom is -0.481 e. The topological polar surface area (TPSA) is 225 Å². The van der Waals surface area contributed by atoms with Gasteiger partial charge in [-0.3, -0.25) is 9.59 Å². The maximum Gasteiger partial charge on any atom is 0.311 e. The summed E-state index contributed by atoms with van der Waals surface area (Å²) in [6.45, 7) is 0.267. The highest BCUT2D eigenvalue weighted by Gasteiger charge is 2.55. The summed E-state index contributed by atoms with van der Waals surface area (Å²) in [7, 11) is 0. The Bertz CT molecular complexity index is 562. The molecule has 9 N–H and O–H groups in total. The summed E-state index contributed by atoms with van der Waals surface area (Å²) < 4.78 is 15.9. The third-order valence-electron chi connectivity index (χ3n) is 4.74. The van der Waals surface area contributed by atoms with Gasteiger partial charge < -0.3 is 55.9 Å². The average molecular weight is 410 g/mol. The SMILES string of the molecule is CC(OC1OC(CO)C(O)C(O)C1NC(=O)CN)C(C(=O)O)C1OC1C(O)O. The summed E-state index contributed by atoms with van der Waals surface area (Å²) in [4.78, 5) is 23.2. The van der Waals surface area contributed by atoms with Crippen molar-refractivity contribution >= 4 is 11.9 Å². The van der Waals surface area contributed by atoms with E-state index >= 15 is 0 Å². The van der Waals surface area contributed by atoms with E-state index < -0.39 is 86.2 Å². The number of carbonyl (C=O) groups is 2. The first-order valence-electron chi connectivity index (χ1n) is 8.64. The molecule has 13 heteroatoms. The number of nitrogens with one attached hydrogen (secondary N) is 1. The predicted octanol–water partition coefficient (Wildman–Crippen LogP) is -4.95. The van der Waals surface area contributed by atoms with Crippen molar-refractivity contribution in [1.29, 1.82) is 0 Å². The summed E-state index contributed by atoms with van der Waals surface area (Å²) in [5, 5.41) is 59.6. The second-order valence-electron chi connectivity index (χ2n) is 6.69. The monoisotopic (exact) mass is 410 g/mol. The van der Waals surface area contributed by atoms with Gasteiger partial charge in [0.25, 0.3) is 0 Å². The predicted molar refractivity (Wildman–Crippen MR) is 87.3 cm³/mol. The molecule has 2 saturated heterocycles. The van der Waals surface area contributed by atoms with Crippen LogP contribution in [0.5, 0.6) is 0 Å². The zero-order valence-electron chi connectivity index (χ0n) is 15.0. The molecule has 1 amide bonds. The number of aliphatic carboxylic acids is 1. The van der Waals surface area contributed by atoms with Crippen molar-refractivity contribution in [2.45, 2.75) is 62.2 Å². The first-order chi connectivity index (χ1) is 13.1. The van der Waals surface area contributed by atoms with E-state index in [1.807, 2.05) is 0 Å². The van der Waals surface area contributed by atoms with Gasteiger partial charge in [0.05, 0.1) is 19.3 Å². The van der Waals surface area contributed by atoms with Gasteiger partial charge in [-0.2, -0.15) is 0 Å². The second kappa shape index (κ2) is 9.39. The zero-order chi connectivity index (χ0) is 21.2. The van der Waals surface area contributed by atoms with Gasteiger partial charge in [0.1, 0.15) is 42.5 Å². The van der Waals surface area contributed by atoms with Crippen molar-refractivity contribution in [2.24, 2.45) is 11.7 Å². The molecule has 2 aliphatic heterocycles. The van der Waals surface area contributed by atoms with Crippen LogP contribution in [0.15, 0.2) is 0 Å². The molecule has 0 spiro atoms. The van der Waals surface area contributed by atoms with Crippen molar-refractivity contribution in [1.82, 2.24) is 5.32 Å². The van der Waals surface area contributed by atoms with Crippen LogP contribution in [0.4, 0.5) is 0 Å². The van der Waals surface area contributed by atoms with Crippen LogP contribution in [0, 0.1) is 5.92 Å². The standard InChI is InChI=1S/C15H26N2O11/c1-4(7(13(22)23)11-12(28-11)14(24)25)26-15-8(17-6(19)2-16)10(21)9(20)5(3-18)27-15/h4-5,7-12,14-15,18,20-21,24-25H,2-3,16H2,1H3,(H,17,19)(H,22,23). The maximum absolute atomic E-state index is 11.6. The number of epoxide rings is 1. The van der Waals surface area contributed by atoms with Crippen molar-refractivity contribution in [3.8, 4) is 0 Å². The molecule has 2 rings (SSSR count). The number of nitrogens with two attached hydrogens (primary N) is 1. The Kier molecular flexibility index (Phi) is 7.66. The molecular weight excluding hydrogens is 384 g/mol. The smallest absolute Gasteiger partial charge is 0.311 e. The maximum atomic E-state index is 11.6. The minimum absolute atomic E-state index is 0.422. The molecule has 2 heterocycles. The lowest BCUT2D eigenvalue weighted by molar-refractivity contribution is -0.284. The van der Waals surface area contributed by atoms with Crippen LogP contribution in [0.25, 0.3) is 0 Å². The molecule has 28 heavy (non-hydrogen) atoms. The van der Waals surface area contributed by atoms with Crippen LogP contribution in [-0.4, -0.2) is 111 Å². The molecule has 2 fully saturated rings. The van der Waals surface area contributed by atoms with Gasteiger partial charge in [-0.25, -0.2) is 0 Å². The van der Waals surface area contributed by atoms with Gasteiger partial charge in [0.2, 0.25) is 5.91 Å². The minimum atomic E-state index is -1.86. The number of ether oxygens (including phenoxy) is 3. The quantitative estimate of drug-likeness (QED) is 0.132. The van der Waals surface area contributed by atoms with Crippen LogP contribution in [-0.2, 0) is 23.8 Å². The molecule has 0 aromatic rings. The lowest BCUT2D eigenvalue weighted by Crippen LogP contribution is -2.65. The van der Waals surface area contributed by atoms with E-state index in [9.17, 15) is 30.0 Å². The van der Waals surface area contributed by atoms with Gasteiger partial charge in [-0.15, -0.1) is 0 Å². The lowest BCUT2D eigenvalue weighted by atomic mass is 9.95. The van der Waals surface area contributed by atoms with E-state index in [0.717, 1.165) is 0 Å². The largest absolute Gasteiger partial charge is 0.481 e. The summed E-state index contributed by atoms with van der Waals surface area (Å²) in [6.07, 6.45) is -10.9. The molecule has 2 aliphatic rings. The Labute approximate surface area is 159 Å². The number of carboxylic acids is 1. The fraction of sp³-hybridized carbons (Fsp3) is 0.867. The molecule has 9 atom stereocenters. The highest BCUT2D eigenvalue weighted by atomic mass is 16.7. The van der Waals surface area contributed by atoms with E-state index in [4.69, 9.17) is 30.2 Å². The Morgan fingerprint density at radius 2 is 1.82 bits per heavy atom. The van der Waals surface area contributed by atoms with Gasteiger partial charge >= 0.3 is 5.97 Å². The lowest BCUT2D eigenvalue weighted by Gasteiger charge is -2.43. The third kappa shape index (κ3) is 4.94. The van der Waals surface area contributed by atoms with Crippen molar-refractivity contribution in [3.05, 3.63) is 0 Å². The van der Waals surface area contributed by atoms with E-state index in [2.05, 4.69) is 5.32 Å². The van der Waals surface area contributed by atoms with Crippen molar-refractivity contribution in [3.63, 3.8) is 0 Å². The Hall–Kier alpha value is -1.42. The fourth-order valence-corrected chi connectivity index (χ4v) is 3.17. The van der Waals surface area contributed by atoms with Gasteiger partial charge in [0, 0.05) is 0 Å². The molecule has 0 bridgehead atoms. The number of aliphatic hydroxyl groups is 5. The summed E-state index contributed by atoms with van der Waals surface area (Å²) >= 11 is 0. The number of hydrogen-bond donors (Lipinski definition) is 8. The van der Waals surface area contributed by atoms with Gasteiger partial charge in [-0.1, -0.05) is 0 Å². The molecule has 162 valence electrons. The summed E-state index contributed by atoms with van der Waals surface area (Å²) in [5.74, 6) is -3.34. The van der Waals surface area contributed by atoms with Gasteiger partial charge in [0.15, 0.2) is 12.6 Å². The molecule has 0 aliphatic carbocycles. The Balaban J connectivity index is 2.15. The first-order valence-corrected chi connectivity index (χ1v) is 8.64. The first kappa shape index (κ1) is 22.9. The summed E-state index contributed by atoms with van der Waals surface area (Å²) in [5.41, 5.74) is 5.23. The average Bonchev–Trinajstić information content (AvgIpc) is 3.41. The molecule has 0 radical (unpaired) electrons. The van der Waals surface area contributed by atoms with Crippen LogP contribution < -0.4 is 11.1 Å². The van der Waals surface area contributed by atoms with Crippen LogP contribution >= 0.6 is 0 Å². The zero-order valence-corrected chi connectivity index (χ0v) is 15.0. The van der Waals surface area contributed by atoms with E-state index in [-0.39, 0.29) is 0 Å². The van der Waals surface area contributed by atoms with E-state index in [1.54, 1.807) is 0 Å². The van der Waals surface area contributed by atoms with Crippen molar-refractivity contribution in [2.75, 3.05) is 13.2 Å².